The smallest absolute Gasteiger partial charge is 0.330 e. The van der Waals surface area contributed by atoms with Gasteiger partial charge in [0.2, 0.25) is 0 Å². The molecule has 182 valence electrons. The quantitative estimate of drug-likeness (QED) is 0.424. The number of nitriles is 1. The average molecular weight is 478 g/mol. The van der Waals surface area contributed by atoms with E-state index in [1.165, 1.54) is 16.6 Å². The van der Waals surface area contributed by atoms with Crippen molar-refractivity contribution in [2.75, 3.05) is 30.9 Å². The van der Waals surface area contributed by atoms with Crippen LogP contribution in [0.2, 0.25) is 0 Å². The molecule has 10 nitrogen and oxygen atoms in total. The fraction of sp³-hybridized carbons (Fsp3) is 0.280. The Morgan fingerprint density at radius 1 is 1.17 bits per heavy atom. The van der Waals surface area contributed by atoms with E-state index < -0.39 is 23.3 Å². The van der Waals surface area contributed by atoms with E-state index in [0.717, 1.165) is 5.56 Å². The van der Waals surface area contributed by atoms with Gasteiger partial charge in [-0.3, -0.25) is 19.1 Å². The number of aromatic amines is 1. The summed E-state index contributed by atoms with van der Waals surface area (Å²) in [6.45, 7) is 2.13. The molecule has 35 heavy (non-hydrogen) atoms. The van der Waals surface area contributed by atoms with Gasteiger partial charge in [-0.1, -0.05) is 30.3 Å². The highest BCUT2D eigenvalue weighted by atomic mass is 16.5. The van der Waals surface area contributed by atoms with E-state index in [4.69, 9.17) is 20.5 Å². The minimum Gasteiger partial charge on any atom is -0.481 e. The Kier molecular flexibility index (Phi) is 8.43. The molecule has 0 saturated carbocycles. The third-order valence-corrected chi connectivity index (χ3v) is 5.31. The Bertz CT molecular complexity index is 1310. The van der Waals surface area contributed by atoms with Crippen LogP contribution in [0.1, 0.15) is 24.5 Å². The van der Waals surface area contributed by atoms with Gasteiger partial charge in [-0.2, -0.15) is 5.26 Å². The Labute approximate surface area is 202 Å². The van der Waals surface area contributed by atoms with Gasteiger partial charge in [0.1, 0.15) is 11.6 Å². The number of rotatable bonds is 10. The van der Waals surface area contributed by atoms with Crippen LogP contribution in [0.25, 0.3) is 0 Å². The Morgan fingerprint density at radius 2 is 1.86 bits per heavy atom. The summed E-state index contributed by atoms with van der Waals surface area (Å²) < 4.78 is 12.1. The fourth-order valence-corrected chi connectivity index (χ4v) is 3.54. The lowest BCUT2D eigenvalue weighted by Crippen LogP contribution is -2.46. The van der Waals surface area contributed by atoms with Crippen molar-refractivity contribution in [3.63, 3.8) is 0 Å². The van der Waals surface area contributed by atoms with Crippen LogP contribution < -0.4 is 26.6 Å². The second kappa shape index (κ2) is 11.7. The molecule has 3 N–H and O–H groups in total. The van der Waals surface area contributed by atoms with Crippen molar-refractivity contribution in [1.82, 2.24) is 9.55 Å². The van der Waals surface area contributed by atoms with Gasteiger partial charge in [0.05, 0.1) is 18.2 Å². The number of nitrogens with two attached hydrogens (primary N) is 1. The lowest BCUT2D eigenvalue weighted by atomic mass is 10.2. The molecule has 3 rings (SSSR count). The van der Waals surface area contributed by atoms with Crippen molar-refractivity contribution >= 4 is 17.4 Å². The number of methoxy groups -OCH3 is 1. The van der Waals surface area contributed by atoms with Crippen LogP contribution in [-0.2, 0) is 16.1 Å². The second-order valence-corrected chi connectivity index (χ2v) is 7.80. The molecule has 1 unspecified atom stereocenters. The highest BCUT2D eigenvalue weighted by molar-refractivity contribution is 5.98. The maximum absolute atomic E-state index is 13.4. The van der Waals surface area contributed by atoms with Crippen molar-refractivity contribution in [3.05, 3.63) is 86.6 Å². The monoisotopic (exact) mass is 477 g/mol. The first kappa shape index (κ1) is 25.3. The Hall–Kier alpha value is -4.36. The van der Waals surface area contributed by atoms with Gasteiger partial charge in [-0.25, -0.2) is 4.79 Å². The van der Waals surface area contributed by atoms with E-state index in [2.05, 4.69) is 4.98 Å². The molecule has 1 amide bonds. The molecule has 0 aliphatic heterocycles. The third kappa shape index (κ3) is 6.16. The van der Waals surface area contributed by atoms with Crippen molar-refractivity contribution in [3.8, 4) is 11.8 Å². The van der Waals surface area contributed by atoms with E-state index in [0.29, 0.717) is 24.3 Å². The standard InChI is InChI=1S/C25H27N5O5/c1-17(35-20-11-9-18(15-26)10-12-20)24(32)29(13-6-14-34-2)21-22(27)30(25(33)28-23(21)31)16-19-7-4-3-5-8-19/h3-5,7-12,17H,6,13-14,16,27H2,1-2H3,(H,28,31,33). The third-order valence-electron chi connectivity index (χ3n) is 5.31. The van der Waals surface area contributed by atoms with E-state index >= 15 is 0 Å². The SMILES string of the molecule is COCCCN(C(=O)C(C)Oc1ccc(C#N)cc1)c1c(N)n(Cc2ccccc2)c(=O)[nH]c1=O. The molecular formula is C25H27N5O5. The molecule has 3 aromatic rings. The number of nitrogen functional groups attached to an aromatic ring is 1. The zero-order valence-electron chi connectivity index (χ0n) is 19.6. The number of carbonyl (C=O) groups is 1. The summed E-state index contributed by atoms with van der Waals surface area (Å²) in [5, 5.41) is 8.96. The molecule has 0 aliphatic rings. The number of nitrogens with one attached hydrogen (secondary N) is 1. The zero-order valence-corrected chi connectivity index (χ0v) is 19.6. The summed E-state index contributed by atoms with van der Waals surface area (Å²) in [4.78, 5) is 42.3. The van der Waals surface area contributed by atoms with Crippen LogP contribution in [0, 0.1) is 11.3 Å². The molecule has 1 aromatic heterocycles. The van der Waals surface area contributed by atoms with Crippen molar-refractivity contribution in [2.24, 2.45) is 0 Å². The number of ether oxygens (including phenoxy) is 2. The van der Waals surface area contributed by atoms with Gasteiger partial charge in [0, 0.05) is 20.3 Å². The molecule has 0 spiro atoms. The molecule has 10 heteroatoms. The molecule has 0 saturated heterocycles. The summed E-state index contributed by atoms with van der Waals surface area (Å²) >= 11 is 0. The van der Waals surface area contributed by atoms with Crippen LogP contribution in [-0.4, -0.2) is 41.8 Å². The van der Waals surface area contributed by atoms with Crippen LogP contribution in [0.4, 0.5) is 11.5 Å². The number of carbonyl (C=O) groups excluding carboxylic acids is 1. The maximum atomic E-state index is 13.4. The van der Waals surface area contributed by atoms with Crippen LogP contribution in [0.5, 0.6) is 5.75 Å². The minimum absolute atomic E-state index is 0.116. The zero-order chi connectivity index (χ0) is 25.4. The predicted molar refractivity (Wildman–Crippen MR) is 131 cm³/mol. The molecular weight excluding hydrogens is 450 g/mol. The van der Waals surface area contributed by atoms with Gasteiger partial charge >= 0.3 is 5.69 Å². The number of benzene rings is 2. The first-order chi connectivity index (χ1) is 16.8. The van der Waals surface area contributed by atoms with Crippen LogP contribution in [0.15, 0.2) is 64.2 Å². The molecule has 0 radical (unpaired) electrons. The van der Waals surface area contributed by atoms with Gasteiger partial charge in [0.25, 0.3) is 11.5 Å². The normalized spacial score (nSPS) is 11.5. The molecule has 2 aromatic carbocycles. The minimum atomic E-state index is -0.987. The number of hydrogen-bond donors (Lipinski definition) is 2. The largest absolute Gasteiger partial charge is 0.481 e. The second-order valence-electron chi connectivity index (χ2n) is 7.80. The highest BCUT2D eigenvalue weighted by Gasteiger charge is 2.28. The van der Waals surface area contributed by atoms with E-state index in [-0.39, 0.29) is 24.6 Å². The molecule has 0 aliphatic carbocycles. The number of H-pyrrole nitrogens is 1. The van der Waals surface area contributed by atoms with E-state index in [9.17, 15) is 14.4 Å². The van der Waals surface area contributed by atoms with Crippen LogP contribution in [0.3, 0.4) is 0 Å². The Balaban J connectivity index is 1.96. The topological polar surface area (TPSA) is 143 Å². The van der Waals surface area contributed by atoms with Gasteiger partial charge in [0.15, 0.2) is 11.8 Å². The van der Waals surface area contributed by atoms with Gasteiger partial charge < -0.3 is 20.1 Å². The van der Waals surface area contributed by atoms with Crippen LogP contribution >= 0.6 is 0 Å². The number of hydrogen-bond acceptors (Lipinski definition) is 7. The van der Waals surface area contributed by atoms with E-state index in [1.54, 1.807) is 31.2 Å². The molecule has 1 atom stereocenters. The predicted octanol–water partition coefficient (Wildman–Crippen LogP) is 1.88. The first-order valence-electron chi connectivity index (χ1n) is 11.0. The number of nitrogens with zero attached hydrogens (tertiary/aromatic N) is 3. The molecule has 0 bridgehead atoms. The average Bonchev–Trinajstić information content (AvgIpc) is 2.86. The molecule has 0 fully saturated rings. The van der Waals surface area contributed by atoms with Gasteiger partial charge in [-0.05, 0) is 43.2 Å². The highest BCUT2D eigenvalue weighted by Crippen LogP contribution is 2.21. The fourth-order valence-electron chi connectivity index (χ4n) is 3.54. The number of anilines is 2. The van der Waals surface area contributed by atoms with E-state index in [1.807, 2.05) is 36.4 Å². The van der Waals surface area contributed by atoms with Crippen molar-refractivity contribution in [1.29, 1.82) is 5.26 Å². The lowest BCUT2D eigenvalue weighted by molar-refractivity contribution is -0.124. The summed E-state index contributed by atoms with van der Waals surface area (Å²) in [5.74, 6) is -0.260. The molecule has 1 heterocycles. The summed E-state index contributed by atoms with van der Waals surface area (Å²) in [6.07, 6.45) is -0.568. The number of aromatic nitrogens is 2. The maximum Gasteiger partial charge on any atom is 0.330 e. The van der Waals surface area contributed by atoms with Crippen molar-refractivity contribution < 1.29 is 14.3 Å². The lowest BCUT2D eigenvalue weighted by Gasteiger charge is -2.27. The Morgan fingerprint density at radius 3 is 2.49 bits per heavy atom. The van der Waals surface area contributed by atoms with Gasteiger partial charge in [-0.15, -0.1) is 0 Å². The number of amides is 1. The summed E-state index contributed by atoms with van der Waals surface area (Å²) in [5.41, 5.74) is 5.99. The van der Waals surface area contributed by atoms with Crippen molar-refractivity contribution in [2.45, 2.75) is 26.0 Å². The summed E-state index contributed by atoms with van der Waals surface area (Å²) in [7, 11) is 1.53. The first-order valence-corrected chi connectivity index (χ1v) is 11.0. The summed E-state index contributed by atoms with van der Waals surface area (Å²) in [6, 6.07) is 17.5.